The number of ether oxygens (including phenoxy) is 3. The van der Waals surface area contributed by atoms with Crippen LogP contribution >= 0.6 is 0 Å². The Balaban J connectivity index is 4.39. The molecule has 398 valence electrons. The van der Waals surface area contributed by atoms with Gasteiger partial charge in [0.05, 0.1) is 6.61 Å². The normalized spacial score (nSPS) is 13.1. The zero-order valence-electron chi connectivity index (χ0n) is 45.7. The number of carbonyl (C=O) groups excluding carboxylic acids is 2. The predicted octanol–water partition coefficient (Wildman–Crippen LogP) is 20.1. The summed E-state index contributed by atoms with van der Waals surface area (Å²) in [5.74, 6) is -0.453. The summed E-state index contributed by atoms with van der Waals surface area (Å²) >= 11 is 0. The number of unbranched alkanes of at least 4 members (excludes halogenated alkanes) is 21. The van der Waals surface area contributed by atoms with Crippen molar-refractivity contribution in [3.63, 3.8) is 0 Å². The van der Waals surface area contributed by atoms with Gasteiger partial charge in [0.1, 0.15) is 6.61 Å². The summed E-state index contributed by atoms with van der Waals surface area (Å²) in [6.45, 7) is 7.53. The van der Waals surface area contributed by atoms with Gasteiger partial charge in [-0.15, -0.1) is 0 Å². The van der Waals surface area contributed by atoms with Crippen LogP contribution in [0.3, 0.4) is 0 Å². The quantitative estimate of drug-likeness (QED) is 0.0345. The molecule has 0 radical (unpaired) electrons. The number of hydrogen-bond donors (Lipinski definition) is 0. The number of carbonyl (C=O) groups is 2. The van der Waals surface area contributed by atoms with Crippen LogP contribution in [0.5, 0.6) is 0 Å². The summed E-state index contributed by atoms with van der Waals surface area (Å²) in [6.07, 6.45) is 83.6. The van der Waals surface area contributed by atoms with E-state index in [4.69, 9.17) is 14.2 Å². The Morgan fingerprint density at radius 3 is 1.06 bits per heavy atom. The summed E-state index contributed by atoms with van der Waals surface area (Å²) in [5, 5.41) is 0. The summed E-state index contributed by atoms with van der Waals surface area (Å²) in [6, 6.07) is 0. The first-order valence-corrected chi connectivity index (χ1v) is 29.1. The highest BCUT2D eigenvalue weighted by Gasteiger charge is 2.17. The van der Waals surface area contributed by atoms with Crippen LogP contribution in [0.25, 0.3) is 0 Å². The fraction of sp³-hybridized carbons (Fsp3) is 0.662. The largest absolute Gasteiger partial charge is 0.462 e. The Labute approximate surface area is 433 Å². The maximum atomic E-state index is 12.9. The number of rotatable bonds is 52. The standard InChI is InChI=1S/C65H108O5/c1-4-7-10-13-16-19-22-25-28-30-32-34-36-39-42-45-48-51-54-57-60-68-61-63(70-65(67)59-56-53-50-47-44-41-37-27-24-21-18-15-12-9-6-3)62-69-64(66)58-55-52-49-46-43-40-38-35-33-31-29-26-23-20-17-14-11-8-5-2/h7-8,10-11,16-17,19-20,25-29,32-35,37,40,43,63H,4-6,9,12-15,18,21-24,30-31,36,38-39,41-42,44-62H2,1-3H3/b10-7-,11-8-,19-16-,20-17-,28-25-,29-26-,34-32-,35-33-,37-27-,43-40-. The summed E-state index contributed by atoms with van der Waals surface area (Å²) in [7, 11) is 0. The topological polar surface area (TPSA) is 61.8 Å². The Morgan fingerprint density at radius 2 is 0.643 bits per heavy atom. The Bertz CT molecular complexity index is 1420. The average molecular weight is 970 g/mol. The summed E-state index contributed by atoms with van der Waals surface area (Å²) in [4.78, 5) is 25.5. The number of esters is 2. The Kier molecular flexibility index (Phi) is 56.5. The first-order chi connectivity index (χ1) is 34.6. The third-order valence-corrected chi connectivity index (χ3v) is 12.0. The molecule has 0 spiro atoms. The van der Waals surface area contributed by atoms with Crippen LogP contribution in [0.4, 0.5) is 0 Å². The van der Waals surface area contributed by atoms with Gasteiger partial charge in [-0.05, 0) is 128 Å². The molecule has 70 heavy (non-hydrogen) atoms. The van der Waals surface area contributed by atoms with Gasteiger partial charge in [-0.3, -0.25) is 9.59 Å². The van der Waals surface area contributed by atoms with E-state index in [1.54, 1.807) is 0 Å². The van der Waals surface area contributed by atoms with E-state index in [1.165, 1.54) is 89.9 Å². The Hall–Kier alpha value is -3.70. The van der Waals surface area contributed by atoms with E-state index in [0.29, 0.717) is 19.4 Å². The van der Waals surface area contributed by atoms with Crippen molar-refractivity contribution >= 4 is 11.9 Å². The van der Waals surface area contributed by atoms with Crippen LogP contribution in [0.15, 0.2) is 122 Å². The second-order valence-electron chi connectivity index (χ2n) is 18.8. The molecule has 5 nitrogen and oxygen atoms in total. The van der Waals surface area contributed by atoms with Gasteiger partial charge in [-0.2, -0.15) is 0 Å². The monoisotopic (exact) mass is 969 g/mol. The molecule has 0 aromatic carbocycles. The van der Waals surface area contributed by atoms with Crippen LogP contribution in [-0.4, -0.2) is 37.9 Å². The minimum Gasteiger partial charge on any atom is -0.462 e. The maximum Gasteiger partial charge on any atom is 0.306 e. The molecule has 0 fully saturated rings. The van der Waals surface area contributed by atoms with Crippen molar-refractivity contribution in [2.75, 3.05) is 19.8 Å². The van der Waals surface area contributed by atoms with Gasteiger partial charge in [0, 0.05) is 19.4 Å². The smallest absolute Gasteiger partial charge is 0.306 e. The van der Waals surface area contributed by atoms with E-state index in [9.17, 15) is 9.59 Å². The van der Waals surface area contributed by atoms with Crippen LogP contribution in [0.2, 0.25) is 0 Å². The number of hydrogen-bond acceptors (Lipinski definition) is 5. The zero-order chi connectivity index (χ0) is 50.6. The van der Waals surface area contributed by atoms with E-state index in [0.717, 1.165) is 128 Å². The van der Waals surface area contributed by atoms with Gasteiger partial charge >= 0.3 is 11.9 Å². The van der Waals surface area contributed by atoms with Crippen molar-refractivity contribution in [1.29, 1.82) is 0 Å². The highest BCUT2D eigenvalue weighted by atomic mass is 16.6. The molecule has 0 saturated heterocycles. The molecular weight excluding hydrogens is 861 g/mol. The van der Waals surface area contributed by atoms with Crippen molar-refractivity contribution in [3.8, 4) is 0 Å². The molecule has 0 aliphatic carbocycles. The van der Waals surface area contributed by atoms with Crippen molar-refractivity contribution in [2.45, 2.75) is 258 Å². The van der Waals surface area contributed by atoms with Crippen LogP contribution in [0, 0.1) is 0 Å². The minimum atomic E-state index is -0.569. The lowest BCUT2D eigenvalue weighted by Crippen LogP contribution is -2.30. The molecule has 0 heterocycles. The van der Waals surface area contributed by atoms with Gasteiger partial charge in [0.15, 0.2) is 6.10 Å². The van der Waals surface area contributed by atoms with Gasteiger partial charge in [0.2, 0.25) is 0 Å². The van der Waals surface area contributed by atoms with Crippen LogP contribution in [-0.2, 0) is 23.8 Å². The average Bonchev–Trinajstić information content (AvgIpc) is 3.36. The van der Waals surface area contributed by atoms with Crippen molar-refractivity contribution in [1.82, 2.24) is 0 Å². The van der Waals surface area contributed by atoms with Crippen molar-refractivity contribution in [3.05, 3.63) is 122 Å². The molecule has 5 heteroatoms. The fourth-order valence-corrected chi connectivity index (χ4v) is 7.70. The van der Waals surface area contributed by atoms with E-state index in [1.807, 2.05) is 0 Å². The molecule has 0 aromatic rings. The lowest BCUT2D eigenvalue weighted by atomic mass is 10.1. The zero-order valence-corrected chi connectivity index (χ0v) is 45.7. The third-order valence-electron chi connectivity index (χ3n) is 12.0. The summed E-state index contributed by atoms with van der Waals surface area (Å²) < 4.78 is 17.4. The van der Waals surface area contributed by atoms with Crippen LogP contribution < -0.4 is 0 Å². The number of allylic oxidation sites excluding steroid dienone is 20. The van der Waals surface area contributed by atoms with Gasteiger partial charge < -0.3 is 14.2 Å². The molecule has 0 aliphatic rings. The fourth-order valence-electron chi connectivity index (χ4n) is 7.70. The SMILES string of the molecule is CC/C=C\C/C=C\C/C=C\C/C=C\C/C=C\CCCCCC(=O)OCC(COCCCCCCCCC/C=C\C/C=C\C/C=C\C/C=C\CC)OC(=O)CCCCCCC/C=C\CCCCCCCC. The lowest BCUT2D eigenvalue weighted by molar-refractivity contribution is -0.163. The summed E-state index contributed by atoms with van der Waals surface area (Å²) in [5.41, 5.74) is 0. The van der Waals surface area contributed by atoms with Gasteiger partial charge in [0.25, 0.3) is 0 Å². The predicted molar refractivity (Wildman–Crippen MR) is 306 cm³/mol. The first-order valence-electron chi connectivity index (χ1n) is 29.1. The lowest BCUT2D eigenvalue weighted by Gasteiger charge is -2.18. The highest BCUT2D eigenvalue weighted by Crippen LogP contribution is 2.13. The molecule has 0 aromatic heterocycles. The molecule has 0 saturated carbocycles. The molecule has 1 atom stereocenters. The second-order valence-corrected chi connectivity index (χ2v) is 18.8. The Morgan fingerprint density at radius 1 is 0.329 bits per heavy atom. The van der Waals surface area contributed by atoms with Crippen LogP contribution in [0.1, 0.15) is 252 Å². The second kappa shape index (κ2) is 59.6. The minimum absolute atomic E-state index is 0.0535. The molecule has 1 unspecified atom stereocenters. The van der Waals surface area contributed by atoms with Gasteiger partial charge in [-0.25, -0.2) is 0 Å². The molecular formula is C65H108O5. The van der Waals surface area contributed by atoms with E-state index >= 15 is 0 Å². The molecule has 0 rings (SSSR count). The molecule has 0 bridgehead atoms. The van der Waals surface area contributed by atoms with E-state index in [2.05, 4.69) is 142 Å². The molecule has 0 aliphatic heterocycles. The molecule has 0 amide bonds. The van der Waals surface area contributed by atoms with Gasteiger partial charge in [-0.1, -0.05) is 232 Å². The maximum absolute atomic E-state index is 12.9. The van der Waals surface area contributed by atoms with E-state index in [-0.39, 0.29) is 25.2 Å². The van der Waals surface area contributed by atoms with Crippen molar-refractivity contribution in [2.24, 2.45) is 0 Å². The first kappa shape index (κ1) is 66.3. The molecule has 0 N–H and O–H groups in total. The van der Waals surface area contributed by atoms with E-state index < -0.39 is 6.10 Å². The van der Waals surface area contributed by atoms with Crippen molar-refractivity contribution < 1.29 is 23.8 Å². The highest BCUT2D eigenvalue weighted by molar-refractivity contribution is 5.70. The third kappa shape index (κ3) is 56.9.